The number of hydrogen-bond acceptors (Lipinski definition) is 2. The zero-order valence-corrected chi connectivity index (χ0v) is 15.0. The summed E-state index contributed by atoms with van der Waals surface area (Å²) in [6.45, 7) is 6.65. The zero-order valence-electron chi connectivity index (χ0n) is 15.0. The highest BCUT2D eigenvalue weighted by Crippen LogP contribution is 2.66. The van der Waals surface area contributed by atoms with Crippen molar-refractivity contribution in [3.05, 3.63) is 11.6 Å². The summed E-state index contributed by atoms with van der Waals surface area (Å²) in [5.74, 6) is 3.31. The molecule has 4 rings (SSSR count). The lowest BCUT2D eigenvalue weighted by Gasteiger charge is -2.60. The van der Waals surface area contributed by atoms with Crippen LogP contribution in [-0.4, -0.2) is 17.0 Å². The molecule has 2 nitrogen and oxygen atoms in total. The molecule has 0 aliphatic heterocycles. The molecule has 4 aliphatic rings. The Bertz CT molecular complexity index is 550. The van der Waals surface area contributed by atoms with E-state index in [2.05, 4.69) is 19.9 Å². The number of aliphatic hydroxyl groups is 1. The maximum absolute atomic E-state index is 12.1. The standard InChI is InChI=1S/C21H32O2/c1-13(22)17-6-7-18-16-5-4-14-12-15(23)8-10-20(14,2)19(16)9-11-21(17,18)3/h6,14-16,18-19,23H,4-5,7-12H2,1-3H3/t14?,15?,16?,18?,19?,20-,21+/m0/s1. The third-order valence-corrected chi connectivity index (χ3v) is 8.60. The van der Waals surface area contributed by atoms with Crippen molar-refractivity contribution >= 4 is 5.78 Å². The summed E-state index contributed by atoms with van der Waals surface area (Å²) in [7, 11) is 0. The highest BCUT2D eigenvalue weighted by molar-refractivity contribution is 5.95. The van der Waals surface area contributed by atoms with Crippen molar-refractivity contribution in [1.29, 1.82) is 0 Å². The summed E-state index contributed by atoms with van der Waals surface area (Å²) < 4.78 is 0. The first-order valence-electron chi connectivity index (χ1n) is 9.76. The summed E-state index contributed by atoms with van der Waals surface area (Å²) in [6, 6.07) is 0. The average molecular weight is 316 g/mol. The number of hydrogen-bond donors (Lipinski definition) is 1. The molecular weight excluding hydrogens is 284 g/mol. The van der Waals surface area contributed by atoms with Gasteiger partial charge in [0.1, 0.15) is 0 Å². The molecule has 0 amide bonds. The van der Waals surface area contributed by atoms with E-state index in [1.54, 1.807) is 6.92 Å². The molecule has 0 spiro atoms. The summed E-state index contributed by atoms with van der Waals surface area (Å²) in [4.78, 5) is 12.1. The predicted molar refractivity (Wildman–Crippen MR) is 91.9 cm³/mol. The van der Waals surface area contributed by atoms with Gasteiger partial charge in [-0.25, -0.2) is 0 Å². The topological polar surface area (TPSA) is 37.3 Å². The van der Waals surface area contributed by atoms with E-state index in [9.17, 15) is 9.90 Å². The van der Waals surface area contributed by atoms with E-state index >= 15 is 0 Å². The molecule has 3 fully saturated rings. The van der Waals surface area contributed by atoms with Crippen LogP contribution in [0.3, 0.4) is 0 Å². The molecule has 1 N–H and O–H groups in total. The van der Waals surface area contributed by atoms with Gasteiger partial charge in [-0.05, 0) is 98.4 Å². The van der Waals surface area contributed by atoms with Gasteiger partial charge in [-0.1, -0.05) is 19.9 Å². The maximum atomic E-state index is 12.1. The van der Waals surface area contributed by atoms with Crippen LogP contribution in [0.15, 0.2) is 11.6 Å². The quantitative estimate of drug-likeness (QED) is 0.772. The minimum absolute atomic E-state index is 0.0593. The number of Topliss-reactive ketones (excluding diaryl/α,β-unsaturated/α-hetero) is 1. The number of rotatable bonds is 1. The third-order valence-electron chi connectivity index (χ3n) is 8.60. The summed E-state index contributed by atoms with van der Waals surface area (Å²) in [6.07, 6.45) is 11.6. The number of carbonyl (C=O) groups is 1. The van der Waals surface area contributed by atoms with Gasteiger partial charge in [0.05, 0.1) is 6.10 Å². The van der Waals surface area contributed by atoms with Gasteiger partial charge < -0.3 is 5.11 Å². The molecule has 0 heterocycles. The largest absolute Gasteiger partial charge is 0.393 e. The Morgan fingerprint density at radius 2 is 1.91 bits per heavy atom. The highest BCUT2D eigenvalue weighted by atomic mass is 16.3. The molecule has 23 heavy (non-hydrogen) atoms. The van der Waals surface area contributed by atoms with E-state index in [0.717, 1.165) is 42.6 Å². The van der Waals surface area contributed by atoms with Gasteiger partial charge >= 0.3 is 0 Å². The maximum Gasteiger partial charge on any atom is 0.156 e. The SMILES string of the molecule is CC(=O)C1=CCC2C3CCC4CC(O)CC[C@]4(C)C3CC[C@]12C. The number of aliphatic hydroxyl groups excluding tert-OH is 1. The third kappa shape index (κ3) is 2.13. The first kappa shape index (κ1) is 15.9. The Labute approximate surface area is 140 Å². The van der Waals surface area contributed by atoms with Crippen molar-refractivity contribution in [2.24, 2.45) is 34.5 Å². The Kier molecular flexibility index (Phi) is 3.58. The summed E-state index contributed by atoms with van der Waals surface area (Å²) in [5, 5.41) is 10.1. The molecule has 7 atom stereocenters. The molecule has 2 heteroatoms. The van der Waals surface area contributed by atoms with Crippen molar-refractivity contribution in [2.75, 3.05) is 0 Å². The van der Waals surface area contributed by atoms with E-state index in [1.807, 2.05) is 0 Å². The normalized spacial score (nSPS) is 52.2. The average Bonchev–Trinajstić information content (AvgIpc) is 2.85. The van der Waals surface area contributed by atoms with Crippen molar-refractivity contribution in [3.63, 3.8) is 0 Å². The van der Waals surface area contributed by atoms with Gasteiger partial charge in [0.15, 0.2) is 5.78 Å². The second-order valence-electron chi connectivity index (χ2n) is 9.45. The van der Waals surface area contributed by atoms with Gasteiger partial charge in [-0.3, -0.25) is 4.79 Å². The molecule has 5 unspecified atom stereocenters. The van der Waals surface area contributed by atoms with Crippen LogP contribution >= 0.6 is 0 Å². The Hall–Kier alpha value is -0.630. The van der Waals surface area contributed by atoms with E-state index in [1.165, 1.54) is 32.1 Å². The van der Waals surface area contributed by atoms with Crippen molar-refractivity contribution in [3.8, 4) is 0 Å². The minimum atomic E-state index is -0.0593. The molecular formula is C21H32O2. The Morgan fingerprint density at radius 3 is 2.65 bits per heavy atom. The van der Waals surface area contributed by atoms with Gasteiger partial charge in [0.25, 0.3) is 0 Å². The minimum Gasteiger partial charge on any atom is -0.393 e. The molecule has 128 valence electrons. The molecule has 0 saturated heterocycles. The zero-order chi connectivity index (χ0) is 16.4. The summed E-state index contributed by atoms with van der Waals surface area (Å²) in [5.41, 5.74) is 1.71. The fourth-order valence-electron chi connectivity index (χ4n) is 7.35. The lowest BCUT2D eigenvalue weighted by molar-refractivity contribution is -0.124. The number of fused-ring (bicyclic) bond motifs is 5. The summed E-state index contributed by atoms with van der Waals surface area (Å²) >= 11 is 0. The van der Waals surface area contributed by atoms with Crippen LogP contribution in [0.25, 0.3) is 0 Å². The molecule has 0 bridgehead atoms. The van der Waals surface area contributed by atoms with Crippen molar-refractivity contribution < 1.29 is 9.90 Å². The second kappa shape index (κ2) is 5.18. The van der Waals surface area contributed by atoms with Crippen LogP contribution in [0.4, 0.5) is 0 Å². The lowest BCUT2D eigenvalue weighted by Crippen LogP contribution is -2.53. The Morgan fingerprint density at radius 1 is 1.13 bits per heavy atom. The smallest absolute Gasteiger partial charge is 0.156 e. The van der Waals surface area contributed by atoms with E-state index in [-0.39, 0.29) is 11.5 Å². The number of allylic oxidation sites excluding steroid dienone is 2. The van der Waals surface area contributed by atoms with Crippen LogP contribution in [0.2, 0.25) is 0 Å². The van der Waals surface area contributed by atoms with Crippen LogP contribution in [0.1, 0.15) is 72.1 Å². The first-order valence-corrected chi connectivity index (χ1v) is 9.76. The fraction of sp³-hybridized carbons (Fsp3) is 0.857. The number of carbonyl (C=O) groups excluding carboxylic acids is 1. The van der Waals surface area contributed by atoms with E-state index < -0.39 is 0 Å². The van der Waals surface area contributed by atoms with Crippen molar-refractivity contribution in [1.82, 2.24) is 0 Å². The highest BCUT2D eigenvalue weighted by Gasteiger charge is 2.58. The molecule has 4 aliphatic carbocycles. The monoisotopic (exact) mass is 316 g/mol. The van der Waals surface area contributed by atoms with E-state index in [4.69, 9.17) is 0 Å². The lowest BCUT2D eigenvalue weighted by atomic mass is 9.44. The molecule has 0 aromatic carbocycles. The van der Waals surface area contributed by atoms with Gasteiger partial charge in [0, 0.05) is 0 Å². The Balaban J connectivity index is 1.62. The second-order valence-corrected chi connectivity index (χ2v) is 9.45. The van der Waals surface area contributed by atoms with Crippen LogP contribution < -0.4 is 0 Å². The molecule has 0 aromatic heterocycles. The van der Waals surface area contributed by atoms with Crippen LogP contribution in [0.5, 0.6) is 0 Å². The number of ketones is 1. The van der Waals surface area contributed by atoms with Crippen LogP contribution in [0, 0.1) is 34.5 Å². The van der Waals surface area contributed by atoms with Gasteiger partial charge in [-0.2, -0.15) is 0 Å². The molecule has 3 saturated carbocycles. The molecule has 0 aromatic rings. The predicted octanol–water partition coefficient (Wildman–Crippen LogP) is 4.52. The molecule has 0 radical (unpaired) electrons. The first-order chi connectivity index (χ1) is 10.9. The van der Waals surface area contributed by atoms with Gasteiger partial charge in [-0.15, -0.1) is 0 Å². The van der Waals surface area contributed by atoms with Gasteiger partial charge in [0.2, 0.25) is 0 Å². The van der Waals surface area contributed by atoms with Crippen LogP contribution in [-0.2, 0) is 4.79 Å². The van der Waals surface area contributed by atoms with Crippen molar-refractivity contribution in [2.45, 2.75) is 78.2 Å². The van der Waals surface area contributed by atoms with E-state index in [0.29, 0.717) is 17.1 Å². The fourth-order valence-corrected chi connectivity index (χ4v) is 7.35.